The van der Waals surface area contributed by atoms with Gasteiger partial charge in [0, 0.05) is 19.1 Å². The number of benzene rings is 1. The molecule has 0 atom stereocenters. The molecule has 3 rings (SSSR count). The minimum absolute atomic E-state index is 0.341. The van der Waals surface area contributed by atoms with E-state index in [2.05, 4.69) is 15.8 Å². The van der Waals surface area contributed by atoms with Crippen LogP contribution in [0.5, 0.6) is 0 Å². The van der Waals surface area contributed by atoms with Crippen molar-refractivity contribution >= 4 is 33.1 Å². The van der Waals surface area contributed by atoms with E-state index in [1.165, 1.54) is 19.3 Å². The van der Waals surface area contributed by atoms with E-state index in [4.69, 9.17) is 12.2 Å². The van der Waals surface area contributed by atoms with Crippen LogP contribution in [0.1, 0.15) is 63.9 Å². The first-order valence-electron chi connectivity index (χ1n) is 10.2. The van der Waals surface area contributed by atoms with E-state index in [-0.39, 0.29) is 0 Å². The van der Waals surface area contributed by atoms with Gasteiger partial charge < -0.3 is 5.32 Å². The molecule has 154 valence electrons. The first-order chi connectivity index (χ1) is 13.5. The van der Waals surface area contributed by atoms with Crippen LogP contribution in [-0.4, -0.2) is 42.7 Å². The Morgan fingerprint density at radius 3 is 2.29 bits per heavy atom. The molecule has 1 saturated heterocycles. The fraction of sp³-hybridized carbons (Fsp3) is 0.600. The van der Waals surface area contributed by atoms with Gasteiger partial charge in [0.2, 0.25) is 10.0 Å². The minimum atomic E-state index is -3.40. The van der Waals surface area contributed by atoms with Gasteiger partial charge in [-0.2, -0.15) is 9.41 Å². The number of thiocarbonyl (C=S) groups is 1. The molecule has 1 saturated carbocycles. The maximum Gasteiger partial charge on any atom is 0.243 e. The van der Waals surface area contributed by atoms with E-state index >= 15 is 0 Å². The molecule has 0 bridgehead atoms. The number of hydrogen-bond donors (Lipinski definition) is 2. The maximum atomic E-state index is 12.7. The summed E-state index contributed by atoms with van der Waals surface area (Å²) >= 11 is 5.33. The van der Waals surface area contributed by atoms with Crippen LogP contribution >= 0.6 is 12.2 Å². The van der Waals surface area contributed by atoms with E-state index in [1.807, 2.05) is 6.92 Å². The molecule has 28 heavy (non-hydrogen) atoms. The second kappa shape index (κ2) is 9.80. The third-order valence-corrected chi connectivity index (χ3v) is 7.61. The molecule has 1 aliphatic carbocycles. The molecule has 2 N–H and O–H groups in total. The number of rotatable bonds is 5. The van der Waals surface area contributed by atoms with Crippen LogP contribution in [0.15, 0.2) is 34.3 Å². The fourth-order valence-electron chi connectivity index (χ4n) is 3.79. The highest BCUT2D eigenvalue weighted by atomic mass is 32.2. The summed E-state index contributed by atoms with van der Waals surface area (Å²) in [6, 6.07) is 7.36. The molecule has 2 aliphatic rings. The average Bonchev–Trinajstić information content (AvgIpc) is 2.73. The lowest BCUT2D eigenvalue weighted by molar-refractivity contribution is 0.346. The molecule has 0 radical (unpaired) electrons. The second-order valence-corrected chi connectivity index (χ2v) is 9.95. The highest BCUT2D eigenvalue weighted by molar-refractivity contribution is 7.89. The highest BCUT2D eigenvalue weighted by Gasteiger charge is 2.25. The van der Waals surface area contributed by atoms with Crippen molar-refractivity contribution in [1.82, 2.24) is 15.0 Å². The predicted molar refractivity (Wildman–Crippen MR) is 117 cm³/mol. The summed E-state index contributed by atoms with van der Waals surface area (Å²) in [5.41, 5.74) is 4.53. The largest absolute Gasteiger partial charge is 0.359 e. The van der Waals surface area contributed by atoms with Crippen molar-refractivity contribution in [1.29, 1.82) is 0 Å². The Labute approximate surface area is 173 Å². The molecule has 0 amide bonds. The molecule has 1 aliphatic heterocycles. The van der Waals surface area contributed by atoms with Gasteiger partial charge in [0.05, 0.1) is 10.6 Å². The van der Waals surface area contributed by atoms with Crippen LogP contribution in [0.3, 0.4) is 0 Å². The van der Waals surface area contributed by atoms with Crippen LogP contribution in [-0.2, 0) is 10.0 Å². The molecule has 0 unspecified atom stereocenters. The lowest BCUT2D eigenvalue weighted by Crippen LogP contribution is -2.41. The zero-order valence-corrected chi connectivity index (χ0v) is 18.1. The van der Waals surface area contributed by atoms with E-state index < -0.39 is 10.0 Å². The van der Waals surface area contributed by atoms with Crippen LogP contribution < -0.4 is 10.7 Å². The van der Waals surface area contributed by atoms with E-state index in [1.54, 1.807) is 28.6 Å². The van der Waals surface area contributed by atoms with Gasteiger partial charge in [-0.15, -0.1) is 0 Å². The van der Waals surface area contributed by atoms with Crippen molar-refractivity contribution < 1.29 is 8.42 Å². The van der Waals surface area contributed by atoms with Crippen molar-refractivity contribution in [3.8, 4) is 0 Å². The van der Waals surface area contributed by atoms with Gasteiger partial charge in [-0.05, 0) is 62.5 Å². The smallest absolute Gasteiger partial charge is 0.243 e. The Morgan fingerprint density at radius 2 is 1.64 bits per heavy atom. The number of sulfonamides is 1. The lowest BCUT2D eigenvalue weighted by atomic mass is 9.96. The quantitative estimate of drug-likeness (QED) is 0.432. The topological polar surface area (TPSA) is 73.8 Å². The Bertz CT molecular complexity index is 794. The van der Waals surface area contributed by atoms with Crippen LogP contribution in [0.2, 0.25) is 0 Å². The Kier molecular flexibility index (Phi) is 7.42. The van der Waals surface area contributed by atoms with E-state index in [0.29, 0.717) is 29.1 Å². The van der Waals surface area contributed by atoms with E-state index in [9.17, 15) is 8.42 Å². The first kappa shape index (κ1) is 21.2. The summed E-state index contributed by atoms with van der Waals surface area (Å²) in [6.45, 7) is 3.10. The molecule has 0 spiro atoms. The third kappa shape index (κ3) is 5.52. The normalized spacial score (nSPS) is 20.0. The van der Waals surface area contributed by atoms with Gasteiger partial charge in [0.25, 0.3) is 0 Å². The average molecular weight is 423 g/mol. The number of nitrogens with zero attached hydrogens (tertiary/aromatic N) is 2. The molecule has 0 aromatic heterocycles. The van der Waals surface area contributed by atoms with Gasteiger partial charge in [0.1, 0.15) is 0 Å². The fourth-order valence-corrected chi connectivity index (χ4v) is 5.52. The first-order valence-corrected chi connectivity index (χ1v) is 12.0. The summed E-state index contributed by atoms with van der Waals surface area (Å²) in [5, 5.41) is 8.20. The van der Waals surface area contributed by atoms with Gasteiger partial charge >= 0.3 is 0 Å². The van der Waals surface area contributed by atoms with Gasteiger partial charge in [0.15, 0.2) is 5.11 Å². The van der Waals surface area contributed by atoms with Gasteiger partial charge in [-0.3, -0.25) is 5.43 Å². The van der Waals surface area contributed by atoms with Gasteiger partial charge in [-0.1, -0.05) is 37.8 Å². The molecule has 2 fully saturated rings. The Hall–Kier alpha value is -1.51. The Balaban J connectivity index is 1.58. The van der Waals surface area contributed by atoms with Crippen molar-refractivity contribution in [3.05, 3.63) is 29.8 Å². The van der Waals surface area contributed by atoms with Crippen LogP contribution in [0, 0.1) is 0 Å². The summed E-state index contributed by atoms with van der Waals surface area (Å²) in [6.07, 6.45) is 9.07. The Morgan fingerprint density at radius 1 is 1.04 bits per heavy atom. The summed E-state index contributed by atoms with van der Waals surface area (Å²) < 4.78 is 27.0. The predicted octanol–water partition coefficient (Wildman–Crippen LogP) is 3.38. The number of hydrogen-bond acceptors (Lipinski definition) is 4. The maximum absolute atomic E-state index is 12.7. The molecule has 1 aromatic rings. The molecule has 8 heteroatoms. The zero-order chi connectivity index (χ0) is 20.0. The van der Waals surface area contributed by atoms with Crippen molar-refractivity contribution in [2.45, 2.75) is 69.2 Å². The van der Waals surface area contributed by atoms with Crippen molar-refractivity contribution in [2.24, 2.45) is 5.10 Å². The summed E-state index contributed by atoms with van der Waals surface area (Å²) in [5.74, 6) is 0. The zero-order valence-electron chi connectivity index (χ0n) is 16.5. The number of hydrazone groups is 1. The third-order valence-electron chi connectivity index (χ3n) is 5.49. The molecule has 1 heterocycles. The monoisotopic (exact) mass is 422 g/mol. The molecular weight excluding hydrogens is 392 g/mol. The summed E-state index contributed by atoms with van der Waals surface area (Å²) in [4.78, 5) is 0.341. The standard InChI is InChI=1S/C20H30N4O2S2/c1-16(22-23-20(27)21-18-8-4-2-5-9-18)17-10-12-19(13-11-17)28(25,26)24-14-6-3-7-15-24/h10-13,18H,2-9,14-15H2,1H3,(H2,21,23,27)/b22-16-. The number of nitrogens with one attached hydrogen (secondary N) is 2. The van der Waals surface area contributed by atoms with Crippen LogP contribution in [0.4, 0.5) is 0 Å². The van der Waals surface area contributed by atoms with Crippen molar-refractivity contribution in [3.63, 3.8) is 0 Å². The van der Waals surface area contributed by atoms with E-state index in [0.717, 1.165) is 43.4 Å². The summed E-state index contributed by atoms with van der Waals surface area (Å²) in [7, 11) is -3.40. The highest BCUT2D eigenvalue weighted by Crippen LogP contribution is 2.21. The molecule has 1 aromatic carbocycles. The van der Waals surface area contributed by atoms with Crippen molar-refractivity contribution in [2.75, 3.05) is 13.1 Å². The SMILES string of the molecule is C/C(=N/NC(=S)NC1CCCCC1)c1ccc(S(=O)(=O)N2CCCCC2)cc1. The van der Waals surface area contributed by atoms with Gasteiger partial charge in [-0.25, -0.2) is 8.42 Å². The molecule has 6 nitrogen and oxygen atoms in total. The van der Waals surface area contributed by atoms with Crippen LogP contribution in [0.25, 0.3) is 0 Å². The minimum Gasteiger partial charge on any atom is -0.359 e. The second-order valence-electron chi connectivity index (χ2n) is 7.61. The molecular formula is C20H30N4O2S2. The lowest BCUT2D eigenvalue weighted by Gasteiger charge is -2.25. The number of piperidine rings is 1.